The zero-order valence-corrected chi connectivity index (χ0v) is 14.0. The summed E-state index contributed by atoms with van der Waals surface area (Å²) in [7, 11) is 0. The maximum absolute atomic E-state index is 12.5. The minimum absolute atomic E-state index is 0.0971. The van der Waals surface area contributed by atoms with Gasteiger partial charge in [-0.15, -0.1) is 0 Å². The molecule has 1 aromatic heterocycles. The van der Waals surface area contributed by atoms with Crippen molar-refractivity contribution >= 4 is 29.2 Å². The summed E-state index contributed by atoms with van der Waals surface area (Å²) in [5.74, 6) is -0.766. The summed E-state index contributed by atoms with van der Waals surface area (Å²) in [6, 6.07) is 10.4. The lowest BCUT2D eigenvalue weighted by molar-refractivity contribution is -0.305. The Hall–Kier alpha value is -2.73. The fraction of sp³-hybridized carbons (Fsp3) is 0.222. The van der Waals surface area contributed by atoms with Crippen LogP contribution in [0.15, 0.2) is 53.2 Å². The second-order valence-corrected chi connectivity index (χ2v) is 6.09. The van der Waals surface area contributed by atoms with Crippen LogP contribution in [0.5, 0.6) is 0 Å². The summed E-state index contributed by atoms with van der Waals surface area (Å²) in [4.78, 5) is 23.0. The van der Waals surface area contributed by atoms with Crippen molar-refractivity contribution in [1.29, 1.82) is 0 Å². The van der Waals surface area contributed by atoms with Gasteiger partial charge < -0.3 is 14.3 Å². The van der Waals surface area contributed by atoms with E-state index in [1.54, 1.807) is 30.5 Å². The number of halogens is 1. The zero-order chi connectivity index (χ0) is 17.8. The molecule has 0 aliphatic carbocycles. The molecule has 0 unspecified atom stereocenters. The van der Waals surface area contributed by atoms with Gasteiger partial charge in [-0.1, -0.05) is 23.7 Å². The molecular weight excluding hydrogens is 344 g/mol. The maximum atomic E-state index is 12.5. The minimum Gasteiger partial charge on any atom is -0.550 e. The van der Waals surface area contributed by atoms with Crippen LogP contribution < -0.4 is 10.5 Å². The highest BCUT2D eigenvalue weighted by Crippen LogP contribution is 2.32. The van der Waals surface area contributed by atoms with Gasteiger partial charge in [0.15, 0.2) is 0 Å². The largest absolute Gasteiger partial charge is 0.550 e. The number of amides is 1. The third kappa shape index (κ3) is 4.03. The molecular formula is C18H16ClN2O4-. The molecule has 25 heavy (non-hydrogen) atoms. The third-order valence-corrected chi connectivity index (χ3v) is 4.13. The molecule has 0 spiro atoms. The number of rotatable bonds is 6. The Kier molecular flexibility index (Phi) is 5.09. The van der Waals surface area contributed by atoms with Crippen LogP contribution in [0.4, 0.5) is 0 Å². The fourth-order valence-electron chi connectivity index (χ4n) is 2.65. The first-order chi connectivity index (χ1) is 12.0. The van der Waals surface area contributed by atoms with E-state index in [0.29, 0.717) is 10.8 Å². The molecule has 1 aromatic carbocycles. The van der Waals surface area contributed by atoms with Crippen LogP contribution in [0.1, 0.15) is 36.6 Å². The second-order valence-electron chi connectivity index (χ2n) is 5.65. The summed E-state index contributed by atoms with van der Waals surface area (Å²) in [5, 5.41) is 12.6. The highest BCUT2D eigenvalue weighted by Gasteiger charge is 2.32. The number of hydrogen-bond acceptors (Lipinski definition) is 5. The van der Waals surface area contributed by atoms with E-state index in [2.05, 4.69) is 5.43 Å². The predicted octanol–water partition coefficient (Wildman–Crippen LogP) is 2.28. The Morgan fingerprint density at radius 3 is 2.60 bits per heavy atom. The van der Waals surface area contributed by atoms with Crippen LogP contribution in [0.25, 0.3) is 5.70 Å². The first-order valence-electron chi connectivity index (χ1n) is 7.84. The van der Waals surface area contributed by atoms with Crippen molar-refractivity contribution in [1.82, 2.24) is 10.4 Å². The number of furan rings is 1. The molecule has 0 saturated heterocycles. The van der Waals surface area contributed by atoms with Gasteiger partial charge in [0.1, 0.15) is 11.8 Å². The number of hydrazine groups is 1. The van der Waals surface area contributed by atoms with Gasteiger partial charge in [-0.05, 0) is 48.7 Å². The Balaban J connectivity index is 1.79. The molecule has 1 N–H and O–H groups in total. The van der Waals surface area contributed by atoms with E-state index in [-0.39, 0.29) is 25.2 Å². The molecule has 1 aliphatic rings. The summed E-state index contributed by atoms with van der Waals surface area (Å²) < 4.78 is 5.44. The molecule has 7 heteroatoms. The Bertz CT molecular complexity index is 784. The normalized spacial score (nSPS) is 16.4. The van der Waals surface area contributed by atoms with Crippen LogP contribution in [-0.4, -0.2) is 16.9 Å². The van der Waals surface area contributed by atoms with Crippen molar-refractivity contribution in [2.45, 2.75) is 25.3 Å². The van der Waals surface area contributed by atoms with E-state index in [9.17, 15) is 14.7 Å². The lowest BCUT2D eigenvalue weighted by Crippen LogP contribution is -2.39. The van der Waals surface area contributed by atoms with Crippen LogP contribution in [0.2, 0.25) is 5.02 Å². The first-order valence-corrected chi connectivity index (χ1v) is 8.22. The molecule has 1 aliphatic heterocycles. The number of carboxylic acid groups (broad SMARTS) is 1. The highest BCUT2D eigenvalue weighted by molar-refractivity contribution is 6.30. The van der Waals surface area contributed by atoms with Gasteiger partial charge in [0.05, 0.1) is 12.0 Å². The summed E-state index contributed by atoms with van der Waals surface area (Å²) in [5.41, 5.74) is 4.72. The van der Waals surface area contributed by atoms with E-state index >= 15 is 0 Å². The smallest absolute Gasteiger partial charge is 0.241 e. The minimum atomic E-state index is -1.16. The molecule has 6 nitrogen and oxygen atoms in total. The molecule has 1 atom stereocenters. The number of carbonyl (C=O) groups is 2. The number of carboxylic acids is 1. The molecule has 2 aromatic rings. The first kappa shape index (κ1) is 17.1. The van der Waals surface area contributed by atoms with Crippen molar-refractivity contribution in [2.24, 2.45) is 0 Å². The van der Waals surface area contributed by atoms with Crippen LogP contribution in [-0.2, 0) is 9.59 Å². The number of nitrogens with one attached hydrogen (secondary N) is 1. The van der Waals surface area contributed by atoms with E-state index in [4.69, 9.17) is 16.0 Å². The highest BCUT2D eigenvalue weighted by atomic mass is 35.5. The van der Waals surface area contributed by atoms with E-state index in [1.807, 2.05) is 18.2 Å². The van der Waals surface area contributed by atoms with Gasteiger partial charge in [0, 0.05) is 17.4 Å². The van der Waals surface area contributed by atoms with Crippen molar-refractivity contribution in [3.05, 3.63) is 65.1 Å². The average molecular weight is 360 g/mol. The standard InChI is InChI=1S/C18H17ClN2O4/c19-13-8-6-12(7-9-13)14-11-15(16-3-2-10-25-16)21(20-14)17(22)4-1-5-18(23)24/h2-3,6-11,15,20H,1,4-5H2,(H,23,24)/p-1/t15-/m1/s1. The van der Waals surface area contributed by atoms with E-state index in [1.165, 1.54) is 5.01 Å². The van der Waals surface area contributed by atoms with Gasteiger partial charge >= 0.3 is 0 Å². The number of benzene rings is 1. The van der Waals surface area contributed by atoms with Crippen LogP contribution in [0, 0.1) is 0 Å². The topological polar surface area (TPSA) is 85.6 Å². The maximum Gasteiger partial charge on any atom is 0.241 e. The SMILES string of the molecule is O=C([O-])CCCC(=O)N1NC(c2ccc(Cl)cc2)=C[C@@H]1c1ccco1. The second kappa shape index (κ2) is 7.44. The Morgan fingerprint density at radius 2 is 1.96 bits per heavy atom. The van der Waals surface area contributed by atoms with E-state index < -0.39 is 12.0 Å². The van der Waals surface area contributed by atoms with Crippen LogP contribution in [0.3, 0.4) is 0 Å². The molecule has 0 bridgehead atoms. The number of nitrogens with zero attached hydrogens (tertiary/aromatic N) is 1. The fourth-order valence-corrected chi connectivity index (χ4v) is 2.78. The number of carbonyl (C=O) groups excluding carboxylic acids is 2. The number of aliphatic carboxylic acids is 1. The van der Waals surface area contributed by atoms with Gasteiger partial charge in [0.25, 0.3) is 0 Å². The van der Waals surface area contributed by atoms with Gasteiger partial charge in [0.2, 0.25) is 5.91 Å². The van der Waals surface area contributed by atoms with Crippen LogP contribution >= 0.6 is 11.6 Å². The summed E-state index contributed by atoms with van der Waals surface area (Å²) in [6.07, 6.45) is 3.60. The van der Waals surface area contributed by atoms with Crippen molar-refractivity contribution in [2.75, 3.05) is 0 Å². The molecule has 2 heterocycles. The Morgan fingerprint density at radius 1 is 1.20 bits per heavy atom. The third-order valence-electron chi connectivity index (χ3n) is 3.87. The van der Waals surface area contributed by atoms with Gasteiger partial charge in [-0.25, -0.2) is 5.01 Å². The van der Waals surface area contributed by atoms with Gasteiger partial charge in [-0.3, -0.25) is 10.2 Å². The quantitative estimate of drug-likeness (QED) is 0.855. The molecule has 130 valence electrons. The van der Waals surface area contributed by atoms with Crippen molar-refractivity contribution < 1.29 is 19.1 Å². The Labute approximate surface area is 149 Å². The molecule has 0 saturated carbocycles. The molecule has 3 rings (SSSR count). The van der Waals surface area contributed by atoms with Crippen molar-refractivity contribution in [3.63, 3.8) is 0 Å². The predicted molar refractivity (Wildman–Crippen MR) is 89.7 cm³/mol. The summed E-state index contributed by atoms with van der Waals surface area (Å²) in [6.45, 7) is 0. The number of hydrogen-bond donors (Lipinski definition) is 1. The molecule has 0 fully saturated rings. The molecule has 0 radical (unpaired) electrons. The molecule has 1 amide bonds. The van der Waals surface area contributed by atoms with Crippen molar-refractivity contribution in [3.8, 4) is 0 Å². The average Bonchev–Trinajstić information content (AvgIpc) is 3.24. The lowest BCUT2D eigenvalue weighted by atomic mass is 10.1. The van der Waals surface area contributed by atoms with E-state index in [0.717, 1.165) is 11.3 Å². The monoisotopic (exact) mass is 359 g/mol. The lowest BCUT2D eigenvalue weighted by Gasteiger charge is -2.24. The summed E-state index contributed by atoms with van der Waals surface area (Å²) >= 11 is 5.92. The van der Waals surface area contributed by atoms with Gasteiger partial charge in [-0.2, -0.15) is 0 Å². The zero-order valence-electron chi connectivity index (χ0n) is 13.3.